The first-order chi connectivity index (χ1) is 8.11. The standard InChI is InChI=1S/C11H24N2O4S/c1-9(2)12-10(11(14)15)5-6-13(3)7-8-18(4,16)17/h9-10,12H,5-8H2,1-4H3,(H,14,15). The maximum Gasteiger partial charge on any atom is 0.320 e. The zero-order valence-corrected chi connectivity index (χ0v) is 12.3. The number of aliphatic carboxylic acids is 1. The molecule has 0 aliphatic carbocycles. The minimum Gasteiger partial charge on any atom is -0.480 e. The Labute approximate surface area is 109 Å². The van der Waals surface area contributed by atoms with Crippen molar-refractivity contribution < 1.29 is 18.3 Å². The normalized spacial score (nSPS) is 14.1. The van der Waals surface area contributed by atoms with Crippen LogP contribution in [0.4, 0.5) is 0 Å². The summed E-state index contributed by atoms with van der Waals surface area (Å²) < 4.78 is 22.0. The van der Waals surface area contributed by atoms with Crippen molar-refractivity contribution in [2.45, 2.75) is 32.4 Å². The Morgan fingerprint density at radius 1 is 1.33 bits per heavy atom. The van der Waals surface area contributed by atoms with Crippen LogP contribution >= 0.6 is 0 Å². The van der Waals surface area contributed by atoms with Gasteiger partial charge in [-0.05, 0) is 20.0 Å². The molecule has 0 fully saturated rings. The number of nitrogens with one attached hydrogen (secondary N) is 1. The minimum absolute atomic E-state index is 0.0961. The summed E-state index contributed by atoms with van der Waals surface area (Å²) in [6, 6.07) is -0.488. The average molecular weight is 280 g/mol. The second kappa shape index (κ2) is 7.70. The van der Waals surface area contributed by atoms with Crippen LogP contribution in [0, 0.1) is 0 Å². The second-order valence-electron chi connectivity index (χ2n) is 4.93. The van der Waals surface area contributed by atoms with E-state index in [0.717, 1.165) is 0 Å². The molecule has 7 heteroatoms. The van der Waals surface area contributed by atoms with E-state index in [0.29, 0.717) is 19.5 Å². The number of carboxylic acid groups (broad SMARTS) is 1. The molecule has 0 amide bonds. The topological polar surface area (TPSA) is 86.7 Å². The first-order valence-corrected chi connectivity index (χ1v) is 8.03. The molecule has 0 radical (unpaired) electrons. The molecule has 18 heavy (non-hydrogen) atoms. The van der Waals surface area contributed by atoms with Crippen LogP contribution in [0.3, 0.4) is 0 Å². The maximum absolute atomic E-state index is 11.0. The molecule has 108 valence electrons. The Bertz CT molecular complexity index is 354. The Hall–Kier alpha value is -0.660. The lowest BCUT2D eigenvalue weighted by molar-refractivity contribution is -0.139. The average Bonchev–Trinajstić information content (AvgIpc) is 2.19. The van der Waals surface area contributed by atoms with Crippen molar-refractivity contribution in [3.63, 3.8) is 0 Å². The number of carbonyl (C=O) groups is 1. The molecule has 0 saturated carbocycles. The molecule has 0 aromatic carbocycles. The van der Waals surface area contributed by atoms with Gasteiger partial charge < -0.3 is 15.3 Å². The van der Waals surface area contributed by atoms with Gasteiger partial charge in [0.05, 0.1) is 5.75 Å². The van der Waals surface area contributed by atoms with Crippen molar-refractivity contribution in [2.24, 2.45) is 0 Å². The van der Waals surface area contributed by atoms with Crippen LogP contribution in [0.5, 0.6) is 0 Å². The van der Waals surface area contributed by atoms with E-state index in [9.17, 15) is 13.2 Å². The summed E-state index contributed by atoms with van der Waals surface area (Å²) in [5, 5.41) is 12.0. The molecule has 6 nitrogen and oxygen atoms in total. The number of carboxylic acids is 1. The number of sulfone groups is 1. The van der Waals surface area contributed by atoms with Gasteiger partial charge in [0.2, 0.25) is 0 Å². The summed E-state index contributed by atoms with van der Waals surface area (Å²) in [6.45, 7) is 4.76. The molecule has 0 aliphatic heterocycles. The molecule has 0 aromatic heterocycles. The predicted molar refractivity (Wildman–Crippen MR) is 71.5 cm³/mol. The van der Waals surface area contributed by atoms with Crippen molar-refractivity contribution in [3.8, 4) is 0 Å². The molecule has 0 rings (SSSR count). The number of hydrogen-bond donors (Lipinski definition) is 2. The van der Waals surface area contributed by atoms with Gasteiger partial charge in [-0.3, -0.25) is 4.79 Å². The van der Waals surface area contributed by atoms with Crippen molar-refractivity contribution in [2.75, 3.05) is 32.1 Å². The van der Waals surface area contributed by atoms with Crippen molar-refractivity contribution in [3.05, 3.63) is 0 Å². The fourth-order valence-electron chi connectivity index (χ4n) is 1.46. The molecule has 0 bridgehead atoms. The Morgan fingerprint density at radius 3 is 2.28 bits per heavy atom. The molecule has 0 aliphatic rings. The van der Waals surface area contributed by atoms with E-state index in [4.69, 9.17) is 5.11 Å². The van der Waals surface area contributed by atoms with E-state index in [-0.39, 0.29) is 11.8 Å². The van der Waals surface area contributed by atoms with Gasteiger partial charge in [-0.1, -0.05) is 13.8 Å². The van der Waals surface area contributed by atoms with Crippen LogP contribution in [0.15, 0.2) is 0 Å². The lowest BCUT2D eigenvalue weighted by atomic mass is 10.2. The number of hydrogen-bond acceptors (Lipinski definition) is 5. The van der Waals surface area contributed by atoms with E-state index in [1.165, 1.54) is 6.26 Å². The van der Waals surface area contributed by atoms with Crippen LogP contribution in [0.25, 0.3) is 0 Å². The molecule has 2 N–H and O–H groups in total. The highest BCUT2D eigenvalue weighted by Gasteiger charge is 2.18. The van der Waals surface area contributed by atoms with Crippen molar-refractivity contribution >= 4 is 15.8 Å². The van der Waals surface area contributed by atoms with E-state index in [2.05, 4.69) is 5.32 Å². The fourth-order valence-corrected chi connectivity index (χ4v) is 2.11. The Kier molecular flexibility index (Phi) is 7.42. The van der Waals surface area contributed by atoms with Crippen molar-refractivity contribution in [1.82, 2.24) is 10.2 Å². The molecule has 0 saturated heterocycles. The number of rotatable bonds is 9. The van der Waals surface area contributed by atoms with Gasteiger partial charge in [0, 0.05) is 18.8 Å². The zero-order valence-electron chi connectivity index (χ0n) is 11.5. The highest BCUT2D eigenvalue weighted by molar-refractivity contribution is 7.90. The Balaban J connectivity index is 4.07. The SMILES string of the molecule is CC(C)NC(CCN(C)CCS(C)(=O)=O)C(=O)O. The molecule has 0 aromatic rings. The lowest BCUT2D eigenvalue weighted by Crippen LogP contribution is -2.43. The molecule has 0 spiro atoms. The van der Waals surface area contributed by atoms with Gasteiger partial charge in [0.25, 0.3) is 0 Å². The molecule has 0 heterocycles. The largest absolute Gasteiger partial charge is 0.480 e. The summed E-state index contributed by atoms with van der Waals surface area (Å²) in [4.78, 5) is 12.8. The summed E-state index contributed by atoms with van der Waals surface area (Å²) >= 11 is 0. The molecule has 1 unspecified atom stereocenters. The molecule has 1 atom stereocenters. The highest BCUT2D eigenvalue weighted by atomic mass is 32.2. The van der Waals surface area contributed by atoms with Crippen LogP contribution in [-0.4, -0.2) is 68.6 Å². The first-order valence-electron chi connectivity index (χ1n) is 5.97. The minimum atomic E-state index is -2.97. The Morgan fingerprint density at radius 2 is 1.89 bits per heavy atom. The van der Waals surface area contributed by atoms with Crippen LogP contribution in [-0.2, 0) is 14.6 Å². The predicted octanol–water partition coefficient (Wildman–Crippen LogP) is -0.196. The summed E-state index contributed by atoms with van der Waals surface area (Å²) in [5.41, 5.74) is 0. The highest BCUT2D eigenvalue weighted by Crippen LogP contribution is 1.98. The van der Waals surface area contributed by atoms with Crippen LogP contribution < -0.4 is 5.32 Å². The third kappa shape index (κ3) is 9.38. The summed E-state index contributed by atoms with van der Waals surface area (Å²) in [6.07, 6.45) is 1.65. The van der Waals surface area contributed by atoms with Crippen LogP contribution in [0.2, 0.25) is 0 Å². The van der Waals surface area contributed by atoms with Gasteiger partial charge >= 0.3 is 5.97 Å². The van der Waals surface area contributed by atoms with Gasteiger partial charge in [-0.15, -0.1) is 0 Å². The van der Waals surface area contributed by atoms with Gasteiger partial charge in [-0.2, -0.15) is 0 Å². The van der Waals surface area contributed by atoms with Gasteiger partial charge in [0.15, 0.2) is 0 Å². The van der Waals surface area contributed by atoms with Crippen molar-refractivity contribution in [1.29, 1.82) is 0 Å². The molecular weight excluding hydrogens is 256 g/mol. The van der Waals surface area contributed by atoms with Gasteiger partial charge in [-0.25, -0.2) is 8.42 Å². The van der Waals surface area contributed by atoms with E-state index in [1.807, 2.05) is 18.7 Å². The zero-order chi connectivity index (χ0) is 14.3. The van der Waals surface area contributed by atoms with E-state index in [1.54, 1.807) is 7.05 Å². The lowest BCUT2D eigenvalue weighted by Gasteiger charge is -2.21. The van der Waals surface area contributed by atoms with Crippen LogP contribution in [0.1, 0.15) is 20.3 Å². The number of nitrogens with zero attached hydrogens (tertiary/aromatic N) is 1. The first kappa shape index (κ1) is 17.3. The monoisotopic (exact) mass is 280 g/mol. The summed E-state index contributed by atoms with van der Waals surface area (Å²) in [5.74, 6) is -0.779. The quantitative estimate of drug-likeness (QED) is 0.608. The summed E-state index contributed by atoms with van der Waals surface area (Å²) in [7, 11) is -1.18. The van der Waals surface area contributed by atoms with E-state index < -0.39 is 21.8 Å². The fraction of sp³-hybridized carbons (Fsp3) is 0.909. The third-order valence-electron chi connectivity index (χ3n) is 2.48. The molecular formula is C11H24N2O4S. The maximum atomic E-state index is 11.0. The second-order valence-corrected chi connectivity index (χ2v) is 7.19. The smallest absolute Gasteiger partial charge is 0.320 e. The third-order valence-corrected chi connectivity index (χ3v) is 3.40. The van der Waals surface area contributed by atoms with Gasteiger partial charge in [0.1, 0.15) is 15.9 Å². The van der Waals surface area contributed by atoms with E-state index >= 15 is 0 Å².